The third-order valence-corrected chi connectivity index (χ3v) is 3.49. The maximum Gasteiger partial charge on any atom is 1.00 e. The van der Waals surface area contributed by atoms with Crippen molar-refractivity contribution in [2.45, 2.75) is 19.3 Å². The number of hydrogen-bond acceptors (Lipinski definition) is 3. The summed E-state index contributed by atoms with van der Waals surface area (Å²) in [6.45, 7) is 0. The molecule has 0 heterocycles. The van der Waals surface area contributed by atoms with Gasteiger partial charge in [0.2, 0.25) is 0 Å². The molecule has 2 rings (SSSR count). The zero-order chi connectivity index (χ0) is 13.1. The van der Waals surface area contributed by atoms with Gasteiger partial charge in [0, 0.05) is 10.6 Å². The molecule has 0 saturated heterocycles. The number of esters is 1. The molecule has 96 valence electrons. The minimum Gasteiger partial charge on any atom is -0.875 e. The van der Waals surface area contributed by atoms with Crippen molar-refractivity contribution in [3.8, 4) is 0 Å². The first-order valence-electron chi connectivity index (χ1n) is 5.84. The Balaban J connectivity index is 0.00000180. The number of halogens is 1. The van der Waals surface area contributed by atoms with Gasteiger partial charge in [-0.05, 0) is 42.9 Å². The minimum absolute atomic E-state index is 0. The molecule has 1 atom stereocenters. The molecule has 0 bridgehead atoms. The molecule has 1 aliphatic carbocycles. The van der Waals surface area contributed by atoms with Gasteiger partial charge in [-0.3, -0.25) is 0 Å². The molecule has 0 N–H and O–H groups in total. The first-order chi connectivity index (χ1) is 8.61. The quantitative estimate of drug-likeness (QED) is 0.534. The second kappa shape index (κ2) is 7.34. The van der Waals surface area contributed by atoms with Crippen LogP contribution in [0.5, 0.6) is 0 Å². The first-order valence-corrected chi connectivity index (χ1v) is 6.22. The Morgan fingerprint density at radius 1 is 1.42 bits per heavy atom. The Morgan fingerprint density at radius 2 is 2.05 bits per heavy atom. The molecule has 1 unspecified atom stereocenters. The van der Waals surface area contributed by atoms with Gasteiger partial charge < -0.3 is 9.84 Å². The van der Waals surface area contributed by atoms with Crippen molar-refractivity contribution in [3.05, 3.63) is 46.2 Å². The molecular weight excluding hydrogens is 275 g/mol. The SMILES string of the molecule is COC(=O)C1=C([O-])C(Cc2ccc(Cl)cc2)CC1.[Na+]. The fraction of sp³-hybridized carbons (Fsp3) is 0.357. The minimum atomic E-state index is -0.487. The van der Waals surface area contributed by atoms with Crippen molar-refractivity contribution in [3.63, 3.8) is 0 Å². The summed E-state index contributed by atoms with van der Waals surface area (Å²) in [5, 5.41) is 12.7. The van der Waals surface area contributed by atoms with Crippen molar-refractivity contribution in [2.24, 2.45) is 5.92 Å². The number of carbonyl (C=O) groups excluding carboxylic acids is 1. The number of benzene rings is 1. The molecule has 0 aromatic heterocycles. The molecule has 0 spiro atoms. The summed E-state index contributed by atoms with van der Waals surface area (Å²) in [5.74, 6) is -0.671. The fourth-order valence-electron chi connectivity index (χ4n) is 2.24. The van der Waals surface area contributed by atoms with Gasteiger partial charge >= 0.3 is 35.5 Å². The summed E-state index contributed by atoms with van der Waals surface area (Å²) in [5.41, 5.74) is 1.36. The number of ether oxygens (including phenoxy) is 1. The number of carbonyl (C=O) groups is 1. The van der Waals surface area contributed by atoms with E-state index < -0.39 is 5.97 Å². The van der Waals surface area contributed by atoms with Crippen LogP contribution in [0.4, 0.5) is 0 Å². The summed E-state index contributed by atoms with van der Waals surface area (Å²) < 4.78 is 4.60. The van der Waals surface area contributed by atoms with E-state index >= 15 is 0 Å². The summed E-state index contributed by atoms with van der Waals surface area (Å²) in [7, 11) is 1.30. The topological polar surface area (TPSA) is 49.4 Å². The van der Waals surface area contributed by atoms with E-state index in [1.165, 1.54) is 7.11 Å². The molecule has 0 aliphatic heterocycles. The Hall–Kier alpha value is -0.480. The summed E-state index contributed by atoms with van der Waals surface area (Å²) in [6, 6.07) is 7.43. The average molecular weight is 289 g/mol. The molecule has 19 heavy (non-hydrogen) atoms. The van der Waals surface area contributed by atoms with Crippen LogP contribution in [0.3, 0.4) is 0 Å². The van der Waals surface area contributed by atoms with Crippen LogP contribution in [0.15, 0.2) is 35.6 Å². The van der Waals surface area contributed by atoms with Gasteiger partial charge in [-0.2, -0.15) is 0 Å². The van der Waals surface area contributed by atoms with Crippen molar-refractivity contribution >= 4 is 17.6 Å². The van der Waals surface area contributed by atoms with Crippen molar-refractivity contribution in [1.82, 2.24) is 0 Å². The van der Waals surface area contributed by atoms with Crippen molar-refractivity contribution in [2.75, 3.05) is 7.11 Å². The Bertz CT molecular complexity index is 482. The molecule has 5 heteroatoms. The van der Waals surface area contributed by atoms with Gasteiger partial charge in [-0.15, -0.1) is 5.76 Å². The molecule has 0 fully saturated rings. The Morgan fingerprint density at radius 3 is 2.63 bits per heavy atom. The predicted octanol–water partition coefficient (Wildman–Crippen LogP) is -0.916. The van der Waals surface area contributed by atoms with E-state index in [1.54, 1.807) is 12.1 Å². The summed E-state index contributed by atoms with van der Waals surface area (Å²) in [6.07, 6.45) is 1.88. The number of methoxy groups -OCH3 is 1. The largest absolute Gasteiger partial charge is 1.00 e. The van der Waals surface area contributed by atoms with E-state index in [9.17, 15) is 9.90 Å². The van der Waals surface area contributed by atoms with Crippen LogP contribution in [0.2, 0.25) is 5.02 Å². The van der Waals surface area contributed by atoms with Crippen LogP contribution in [-0.4, -0.2) is 13.1 Å². The zero-order valence-electron chi connectivity index (χ0n) is 11.1. The molecule has 3 nitrogen and oxygen atoms in total. The Kier molecular flexibility index (Phi) is 6.40. The van der Waals surface area contributed by atoms with E-state index in [0.717, 1.165) is 5.56 Å². The number of rotatable bonds is 3. The van der Waals surface area contributed by atoms with Gasteiger partial charge in [-0.1, -0.05) is 23.7 Å². The molecular formula is C14H14ClNaO3. The summed E-state index contributed by atoms with van der Waals surface area (Å²) >= 11 is 5.81. The van der Waals surface area contributed by atoms with E-state index in [4.69, 9.17) is 11.6 Å². The zero-order valence-corrected chi connectivity index (χ0v) is 13.9. The number of hydrogen-bond donors (Lipinski definition) is 0. The summed E-state index contributed by atoms with van der Waals surface area (Å²) in [4.78, 5) is 11.4. The van der Waals surface area contributed by atoms with Crippen LogP contribution in [0.1, 0.15) is 18.4 Å². The average Bonchev–Trinajstić information content (AvgIpc) is 2.73. The molecule has 0 radical (unpaired) electrons. The van der Waals surface area contributed by atoms with E-state index in [-0.39, 0.29) is 41.2 Å². The van der Waals surface area contributed by atoms with Crippen molar-refractivity contribution in [1.29, 1.82) is 0 Å². The van der Waals surface area contributed by atoms with E-state index in [1.807, 2.05) is 12.1 Å². The van der Waals surface area contributed by atoms with Gasteiger partial charge in [0.1, 0.15) is 0 Å². The second-order valence-corrected chi connectivity index (χ2v) is 4.84. The van der Waals surface area contributed by atoms with Crippen LogP contribution in [0.25, 0.3) is 0 Å². The molecule has 1 aromatic carbocycles. The predicted molar refractivity (Wildman–Crippen MR) is 66.9 cm³/mol. The number of allylic oxidation sites excluding steroid dienone is 1. The fourth-order valence-corrected chi connectivity index (χ4v) is 2.37. The Labute approximate surface area is 139 Å². The van der Waals surface area contributed by atoms with E-state index in [0.29, 0.717) is 29.9 Å². The van der Waals surface area contributed by atoms with Crippen LogP contribution >= 0.6 is 11.6 Å². The smallest absolute Gasteiger partial charge is 0.875 e. The van der Waals surface area contributed by atoms with Crippen LogP contribution < -0.4 is 34.7 Å². The van der Waals surface area contributed by atoms with Gasteiger partial charge in [-0.25, -0.2) is 4.79 Å². The van der Waals surface area contributed by atoms with Gasteiger partial charge in [0.25, 0.3) is 0 Å². The van der Waals surface area contributed by atoms with Crippen LogP contribution in [-0.2, 0) is 16.0 Å². The first kappa shape index (κ1) is 16.6. The monoisotopic (exact) mass is 288 g/mol. The molecule has 0 amide bonds. The normalized spacial score (nSPS) is 18.1. The molecule has 0 saturated carbocycles. The third kappa shape index (κ3) is 3.99. The van der Waals surface area contributed by atoms with Crippen molar-refractivity contribution < 1.29 is 44.2 Å². The van der Waals surface area contributed by atoms with Crippen LogP contribution in [0, 0.1) is 5.92 Å². The molecule has 1 aliphatic rings. The standard InChI is InChI=1S/C14H15ClO3.Na/c1-18-14(17)12-7-4-10(13(12)16)8-9-2-5-11(15)6-3-9;/h2-3,5-6,10,16H,4,7-8H2,1H3;/q;+1/p-1. The molecule has 1 aromatic rings. The van der Waals surface area contributed by atoms with Gasteiger partial charge in [0.05, 0.1) is 7.11 Å². The second-order valence-electron chi connectivity index (χ2n) is 4.40. The van der Waals surface area contributed by atoms with Gasteiger partial charge in [0.15, 0.2) is 0 Å². The maximum atomic E-state index is 12.0. The maximum absolute atomic E-state index is 12.0. The van der Waals surface area contributed by atoms with E-state index in [2.05, 4.69) is 4.74 Å². The third-order valence-electron chi connectivity index (χ3n) is 3.24.